The van der Waals surface area contributed by atoms with Crippen LogP contribution in [-0.2, 0) is 0 Å². The largest absolute Gasteiger partial charge is 2.00 e. The molecule has 0 aromatic heterocycles. The van der Waals surface area contributed by atoms with Crippen LogP contribution in [0.25, 0.3) is 0 Å². The maximum atomic E-state index is 9.18. The molecule has 2 nitrogen and oxygen atoms in total. The molecule has 0 spiro atoms. The standard InChI is InChI=1S/2C3H5O.Mg/c2*1-2-3-4;/h2*2H,1,3H2;/q2*-1;+2. The van der Waals surface area contributed by atoms with Crippen molar-refractivity contribution < 1.29 is 10.2 Å². The Hall–Kier alpha value is 0.166. The van der Waals surface area contributed by atoms with Crippen LogP contribution < -0.4 is 10.2 Å². The fraction of sp³-hybridized carbons (Fsp3) is 0.333. The average Bonchev–Trinajstić information content (AvgIpc) is 1.88. The maximum absolute atomic E-state index is 9.18. The van der Waals surface area contributed by atoms with Gasteiger partial charge in [-0.05, 0) is 0 Å². The van der Waals surface area contributed by atoms with Crippen LogP contribution in [-0.4, -0.2) is 36.3 Å². The first-order valence-electron chi connectivity index (χ1n) is 2.21. The number of hydrogen-bond donors (Lipinski definition) is 0. The summed E-state index contributed by atoms with van der Waals surface area (Å²) < 4.78 is 0. The molecule has 0 rings (SSSR count). The van der Waals surface area contributed by atoms with Gasteiger partial charge in [0, 0.05) is 0 Å². The zero-order valence-electron chi connectivity index (χ0n) is 5.51. The summed E-state index contributed by atoms with van der Waals surface area (Å²) in [5.74, 6) is 0. The second kappa shape index (κ2) is 24.2. The van der Waals surface area contributed by atoms with Gasteiger partial charge in [0.1, 0.15) is 0 Å². The van der Waals surface area contributed by atoms with Gasteiger partial charge in [0.2, 0.25) is 0 Å². The molecule has 0 atom stereocenters. The molecule has 0 aromatic carbocycles. The Kier molecular flexibility index (Phi) is 43.2. The Morgan fingerprint density at radius 3 is 1.11 bits per heavy atom. The van der Waals surface area contributed by atoms with E-state index >= 15 is 0 Å². The Labute approximate surface area is 72.0 Å². The maximum Gasteiger partial charge on any atom is 2.00 e. The average molecular weight is 138 g/mol. The van der Waals surface area contributed by atoms with Crippen LogP contribution in [0.1, 0.15) is 0 Å². The van der Waals surface area contributed by atoms with E-state index in [1.165, 1.54) is 12.2 Å². The van der Waals surface area contributed by atoms with Crippen molar-refractivity contribution in [2.24, 2.45) is 0 Å². The topological polar surface area (TPSA) is 46.1 Å². The van der Waals surface area contributed by atoms with Crippen molar-refractivity contribution in [3.05, 3.63) is 25.3 Å². The molecular formula is C6H10MgO2. The fourth-order valence-corrected chi connectivity index (χ4v) is 0. The molecule has 0 fully saturated rings. The van der Waals surface area contributed by atoms with Crippen molar-refractivity contribution in [2.75, 3.05) is 13.2 Å². The third kappa shape index (κ3) is 66.2. The minimum absolute atomic E-state index is 0. The van der Waals surface area contributed by atoms with Crippen molar-refractivity contribution in [2.45, 2.75) is 0 Å². The summed E-state index contributed by atoms with van der Waals surface area (Å²) in [6, 6.07) is 0. The molecule has 0 aliphatic rings. The summed E-state index contributed by atoms with van der Waals surface area (Å²) in [5.41, 5.74) is 0. The zero-order valence-corrected chi connectivity index (χ0v) is 6.92. The molecule has 0 heterocycles. The number of rotatable bonds is 2. The van der Waals surface area contributed by atoms with Crippen LogP contribution in [0.5, 0.6) is 0 Å². The minimum atomic E-state index is -0.167. The van der Waals surface area contributed by atoms with Gasteiger partial charge in [0.25, 0.3) is 0 Å². The van der Waals surface area contributed by atoms with E-state index in [0.717, 1.165) is 0 Å². The zero-order chi connectivity index (χ0) is 6.83. The van der Waals surface area contributed by atoms with Gasteiger partial charge in [0.05, 0.1) is 0 Å². The SMILES string of the molecule is C=CC[O-].C=CC[O-].[Mg+2]. The van der Waals surface area contributed by atoms with Gasteiger partial charge < -0.3 is 10.2 Å². The molecule has 0 saturated carbocycles. The van der Waals surface area contributed by atoms with Gasteiger partial charge in [0.15, 0.2) is 0 Å². The molecular weight excluding hydrogens is 128 g/mol. The quantitative estimate of drug-likeness (QED) is 0.351. The normalized spacial score (nSPS) is 5.56. The van der Waals surface area contributed by atoms with E-state index in [-0.39, 0.29) is 36.3 Å². The predicted molar refractivity (Wildman–Crippen MR) is 35.9 cm³/mol. The molecule has 0 amide bonds. The van der Waals surface area contributed by atoms with Crippen molar-refractivity contribution >= 4 is 23.1 Å². The summed E-state index contributed by atoms with van der Waals surface area (Å²) in [7, 11) is 0. The summed E-state index contributed by atoms with van der Waals surface area (Å²) >= 11 is 0. The summed E-state index contributed by atoms with van der Waals surface area (Å²) in [6.45, 7) is 6.00. The Morgan fingerprint density at radius 2 is 1.11 bits per heavy atom. The molecule has 0 aromatic rings. The van der Waals surface area contributed by atoms with Gasteiger partial charge in [-0.25, -0.2) is 0 Å². The van der Waals surface area contributed by atoms with E-state index in [4.69, 9.17) is 0 Å². The first-order valence-corrected chi connectivity index (χ1v) is 2.21. The Balaban J connectivity index is -0.0000000720. The molecule has 48 valence electrons. The Morgan fingerprint density at radius 1 is 1.00 bits per heavy atom. The predicted octanol–water partition coefficient (Wildman–Crippen LogP) is -1.32. The molecule has 0 N–H and O–H groups in total. The smallest absolute Gasteiger partial charge is 0.851 e. The van der Waals surface area contributed by atoms with Crippen molar-refractivity contribution in [3.63, 3.8) is 0 Å². The third-order valence-corrected chi connectivity index (χ3v) is 0.236. The second-order valence-corrected chi connectivity index (χ2v) is 0.911. The molecule has 3 heteroatoms. The van der Waals surface area contributed by atoms with E-state index < -0.39 is 0 Å². The van der Waals surface area contributed by atoms with Crippen molar-refractivity contribution in [3.8, 4) is 0 Å². The van der Waals surface area contributed by atoms with Crippen LogP contribution in [0.3, 0.4) is 0 Å². The van der Waals surface area contributed by atoms with Gasteiger partial charge in [-0.2, -0.15) is 0 Å². The first-order chi connectivity index (χ1) is 3.83. The molecule has 0 saturated heterocycles. The van der Waals surface area contributed by atoms with Gasteiger partial charge >= 0.3 is 23.1 Å². The van der Waals surface area contributed by atoms with Crippen molar-refractivity contribution in [1.29, 1.82) is 0 Å². The summed E-state index contributed by atoms with van der Waals surface area (Å²) in [4.78, 5) is 0. The van der Waals surface area contributed by atoms with Crippen LogP contribution in [0.4, 0.5) is 0 Å². The molecule has 0 aliphatic carbocycles. The fourth-order valence-electron chi connectivity index (χ4n) is 0. The minimum Gasteiger partial charge on any atom is -0.851 e. The van der Waals surface area contributed by atoms with Crippen LogP contribution in [0.15, 0.2) is 25.3 Å². The first kappa shape index (κ1) is 16.1. The van der Waals surface area contributed by atoms with E-state index in [0.29, 0.717) is 0 Å². The Bertz CT molecular complexity index is 47.0. The molecule has 0 aliphatic heterocycles. The monoisotopic (exact) mass is 138 g/mol. The van der Waals surface area contributed by atoms with E-state index in [1.54, 1.807) is 0 Å². The van der Waals surface area contributed by atoms with Crippen molar-refractivity contribution in [1.82, 2.24) is 0 Å². The van der Waals surface area contributed by atoms with E-state index in [9.17, 15) is 10.2 Å². The van der Waals surface area contributed by atoms with E-state index in [1.807, 2.05) is 0 Å². The van der Waals surface area contributed by atoms with Crippen LogP contribution in [0.2, 0.25) is 0 Å². The van der Waals surface area contributed by atoms with Gasteiger partial charge in [-0.1, -0.05) is 0 Å². The summed E-state index contributed by atoms with van der Waals surface area (Å²) in [6.07, 6.45) is 2.64. The third-order valence-electron chi connectivity index (χ3n) is 0.236. The van der Waals surface area contributed by atoms with Crippen LogP contribution in [0, 0.1) is 0 Å². The summed E-state index contributed by atoms with van der Waals surface area (Å²) in [5, 5.41) is 18.4. The van der Waals surface area contributed by atoms with Gasteiger partial charge in [-0.15, -0.1) is 38.5 Å². The van der Waals surface area contributed by atoms with Crippen LogP contribution >= 0.6 is 0 Å². The molecule has 0 unspecified atom stereocenters. The number of hydrogen-bond acceptors (Lipinski definition) is 2. The molecule has 9 heavy (non-hydrogen) atoms. The molecule has 0 radical (unpaired) electrons. The van der Waals surface area contributed by atoms with Gasteiger partial charge in [-0.3, -0.25) is 0 Å². The second-order valence-electron chi connectivity index (χ2n) is 0.911. The molecule has 0 bridgehead atoms. The van der Waals surface area contributed by atoms with E-state index in [2.05, 4.69) is 13.2 Å².